The monoisotopic (exact) mass is 321 g/mol. The summed E-state index contributed by atoms with van der Waals surface area (Å²) in [5.74, 6) is 1.30. The van der Waals surface area contributed by atoms with E-state index in [1.54, 1.807) is 7.11 Å². The molecule has 0 saturated carbocycles. The zero-order valence-electron chi connectivity index (χ0n) is 12.5. The number of hydrogen-bond donors (Lipinski definition) is 2. The first-order chi connectivity index (χ1) is 10.7. The largest absolute Gasteiger partial charge is 0.493 e. The Morgan fingerprint density at radius 1 is 1.05 bits per heavy atom. The van der Waals surface area contributed by atoms with Gasteiger partial charge >= 0.3 is 0 Å². The second-order valence-corrected chi connectivity index (χ2v) is 5.23. The molecule has 0 aliphatic heterocycles. The van der Waals surface area contributed by atoms with Gasteiger partial charge in [0.15, 0.2) is 11.5 Å². The zero-order valence-corrected chi connectivity index (χ0v) is 13.3. The van der Waals surface area contributed by atoms with E-state index in [0.29, 0.717) is 18.0 Å². The van der Waals surface area contributed by atoms with Crippen molar-refractivity contribution in [2.24, 2.45) is 0 Å². The van der Waals surface area contributed by atoms with Gasteiger partial charge < -0.3 is 19.9 Å². The maximum absolute atomic E-state index is 8.80. The number of aliphatic hydroxyl groups is 1. The van der Waals surface area contributed by atoms with Gasteiger partial charge in [-0.05, 0) is 35.4 Å². The van der Waals surface area contributed by atoms with Crippen molar-refractivity contribution in [2.45, 2.75) is 13.1 Å². The van der Waals surface area contributed by atoms with Crippen LogP contribution >= 0.6 is 11.6 Å². The first-order valence-corrected chi connectivity index (χ1v) is 7.46. The molecule has 118 valence electrons. The first kappa shape index (κ1) is 16.6. The number of halogens is 1. The molecule has 0 bridgehead atoms. The summed E-state index contributed by atoms with van der Waals surface area (Å²) in [4.78, 5) is 0. The minimum Gasteiger partial charge on any atom is -0.493 e. The zero-order chi connectivity index (χ0) is 15.8. The molecule has 0 radical (unpaired) electrons. The van der Waals surface area contributed by atoms with Crippen LogP contribution in [-0.4, -0.2) is 25.4 Å². The highest BCUT2D eigenvalue weighted by Gasteiger charge is 2.05. The van der Waals surface area contributed by atoms with Crippen LogP contribution in [-0.2, 0) is 13.1 Å². The predicted molar refractivity (Wildman–Crippen MR) is 87.6 cm³/mol. The Morgan fingerprint density at radius 3 is 2.50 bits per heavy atom. The van der Waals surface area contributed by atoms with Crippen molar-refractivity contribution in [1.29, 1.82) is 0 Å². The van der Waals surface area contributed by atoms with E-state index in [2.05, 4.69) is 5.32 Å². The minimum atomic E-state index is -0.0217. The van der Waals surface area contributed by atoms with Gasteiger partial charge in [-0.25, -0.2) is 0 Å². The van der Waals surface area contributed by atoms with E-state index in [-0.39, 0.29) is 13.2 Å². The Bertz CT molecular complexity index is 604. The summed E-state index contributed by atoms with van der Waals surface area (Å²) in [7, 11) is 1.60. The highest BCUT2D eigenvalue weighted by atomic mass is 35.5. The van der Waals surface area contributed by atoms with E-state index < -0.39 is 0 Å². The van der Waals surface area contributed by atoms with Crippen molar-refractivity contribution in [2.75, 3.05) is 20.3 Å². The Kier molecular flexibility index (Phi) is 6.52. The quantitative estimate of drug-likeness (QED) is 0.784. The van der Waals surface area contributed by atoms with Gasteiger partial charge in [0.2, 0.25) is 0 Å². The molecule has 2 N–H and O–H groups in total. The van der Waals surface area contributed by atoms with Gasteiger partial charge in [-0.3, -0.25) is 0 Å². The minimum absolute atomic E-state index is 0.0217. The summed E-state index contributed by atoms with van der Waals surface area (Å²) in [6.45, 7) is 1.68. The predicted octanol–water partition coefficient (Wildman–Crippen LogP) is 3.01. The molecule has 0 spiro atoms. The summed E-state index contributed by atoms with van der Waals surface area (Å²) in [5.41, 5.74) is 2.23. The van der Waals surface area contributed by atoms with Gasteiger partial charge in [0.25, 0.3) is 0 Å². The van der Waals surface area contributed by atoms with Crippen molar-refractivity contribution in [3.63, 3.8) is 0 Å². The van der Waals surface area contributed by atoms with E-state index in [0.717, 1.165) is 22.7 Å². The number of nitrogens with one attached hydrogen (secondary N) is 1. The van der Waals surface area contributed by atoms with Crippen LogP contribution in [0.15, 0.2) is 42.5 Å². The average molecular weight is 322 g/mol. The lowest BCUT2D eigenvalue weighted by Gasteiger charge is -2.12. The number of rotatable bonds is 8. The molecule has 0 unspecified atom stereocenters. The number of ether oxygens (including phenoxy) is 2. The van der Waals surface area contributed by atoms with E-state index in [1.807, 2.05) is 42.5 Å². The third-order valence-electron chi connectivity index (χ3n) is 3.12. The van der Waals surface area contributed by atoms with Crippen LogP contribution in [0.4, 0.5) is 0 Å². The van der Waals surface area contributed by atoms with Crippen LogP contribution in [0.5, 0.6) is 11.5 Å². The summed E-state index contributed by atoms with van der Waals surface area (Å²) < 4.78 is 10.7. The highest BCUT2D eigenvalue weighted by Crippen LogP contribution is 2.28. The molecule has 0 aliphatic carbocycles. The van der Waals surface area contributed by atoms with Gasteiger partial charge in [0, 0.05) is 18.1 Å². The standard InChI is InChI=1S/C17H20ClNO3/c1-21-17-10-14(5-6-16(17)22-8-7-20)12-19-11-13-3-2-4-15(18)9-13/h2-6,9-10,19-20H,7-8,11-12H2,1H3. The lowest BCUT2D eigenvalue weighted by Crippen LogP contribution is -2.12. The second kappa shape index (κ2) is 8.63. The molecule has 5 heteroatoms. The number of aliphatic hydroxyl groups excluding tert-OH is 1. The normalized spacial score (nSPS) is 10.5. The van der Waals surface area contributed by atoms with Crippen molar-refractivity contribution < 1.29 is 14.6 Å². The van der Waals surface area contributed by atoms with Crippen LogP contribution in [0, 0.1) is 0 Å². The average Bonchev–Trinajstić information content (AvgIpc) is 2.53. The molecule has 2 rings (SSSR count). The Morgan fingerprint density at radius 2 is 1.82 bits per heavy atom. The van der Waals surface area contributed by atoms with Crippen LogP contribution in [0.3, 0.4) is 0 Å². The fourth-order valence-corrected chi connectivity index (χ4v) is 2.31. The molecule has 4 nitrogen and oxygen atoms in total. The van der Waals surface area contributed by atoms with Gasteiger partial charge in [-0.2, -0.15) is 0 Å². The lowest BCUT2D eigenvalue weighted by atomic mass is 10.2. The molecule has 0 aliphatic rings. The Labute approximate surface area is 135 Å². The smallest absolute Gasteiger partial charge is 0.161 e. The van der Waals surface area contributed by atoms with Crippen LogP contribution in [0.2, 0.25) is 5.02 Å². The van der Waals surface area contributed by atoms with Crippen molar-refractivity contribution in [1.82, 2.24) is 5.32 Å². The van der Waals surface area contributed by atoms with Gasteiger partial charge in [-0.1, -0.05) is 29.8 Å². The molecule has 22 heavy (non-hydrogen) atoms. The Balaban J connectivity index is 1.92. The van der Waals surface area contributed by atoms with Gasteiger partial charge in [-0.15, -0.1) is 0 Å². The van der Waals surface area contributed by atoms with E-state index in [9.17, 15) is 0 Å². The number of benzene rings is 2. The SMILES string of the molecule is COc1cc(CNCc2cccc(Cl)c2)ccc1OCCO. The molecule has 0 atom stereocenters. The third-order valence-corrected chi connectivity index (χ3v) is 3.36. The topological polar surface area (TPSA) is 50.7 Å². The maximum Gasteiger partial charge on any atom is 0.161 e. The molecular weight excluding hydrogens is 302 g/mol. The van der Waals surface area contributed by atoms with Crippen molar-refractivity contribution in [3.8, 4) is 11.5 Å². The summed E-state index contributed by atoms with van der Waals surface area (Å²) >= 11 is 5.96. The summed E-state index contributed by atoms with van der Waals surface area (Å²) in [5, 5.41) is 12.9. The molecule has 2 aromatic rings. The van der Waals surface area contributed by atoms with Crippen molar-refractivity contribution in [3.05, 3.63) is 58.6 Å². The lowest BCUT2D eigenvalue weighted by molar-refractivity contribution is 0.196. The van der Waals surface area contributed by atoms with E-state index >= 15 is 0 Å². The maximum atomic E-state index is 8.80. The first-order valence-electron chi connectivity index (χ1n) is 7.08. The van der Waals surface area contributed by atoms with Crippen LogP contribution < -0.4 is 14.8 Å². The fraction of sp³-hybridized carbons (Fsp3) is 0.294. The Hall–Kier alpha value is -1.75. The highest BCUT2D eigenvalue weighted by molar-refractivity contribution is 6.30. The molecule has 0 saturated heterocycles. The van der Waals surface area contributed by atoms with Crippen LogP contribution in [0.25, 0.3) is 0 Å². The second-order valence-electron chi connectivity index (χ2n) is 4.79. The molecule has 0 heterocycles. The van der Waals surface area contributed by atoms with Crippen LogP contribution in [0.1, 0.15) is 11.1 Å². The van der Waals surface area contributed by atoms with E-state index in [4.69, 9.17) is 26.2 Å². The number of methoxy groups -OCH3 is 1. The molecule has 2 aromatic carbocycles. The van der Waals surface area contributed by atoms with E-state index in [1.165, 1.54) is 0 Å². The fourth-order valence-electron chi connectivity index (χ4n) is 2.09. The summed E-state index contributed by atoms with van der Waals surface area (Å²) in [6, 6.07) is 13.5. The molecular formula is C17H20ClNO3. The van der Waals surface area contributed by atoms with Crippen molar-refractivity contribution >= 4 is 11.6 Å². The molecule has 0 amide bonds. The summed E-state index contributed by atoms with van der Waals surface area (Å²) in [6.07, 6.45) is 0. The molecule has 0 fully saturated rings. The third kappa shape index (κ3) is 4.91. The van der Waals surface area contributed by atoms with Gasteiger partial charge in [0.05, 0.1) is 13.7 Å². The number of hydrogen-bond acceptors (Lipinski definition) is 4. The van der Waals surface area contributed by atoms with Gasteiger partial charge in [0.1, 0.15) is 6.61 Å². The molecule has 0 aromatic heterocycles.